The van der Waals surface area contributed by atoms with Crippen molar-refractivity contribution in [3.05, 3.63) is 29.8 Å². The highest BCUT2D eigenvalue weighted by molar-refractivity contribution is 7.87. The summed E-state index contributed by atoms with van der Waals surface area (Å²) < 4.78 is 40.3. The predicted molar refractivity (Wildman–Crippen MR) is 78.1 cm³/mol. The highest BCUT2D eigenvalue weighted by atomic mass is 32.3. The predicted octanol–water partition coefficient (Wildman–Crippen LogP) is 1.11. The molecule has 1 aliphatic heterocycles. The van der Waals surface area contributed by atoms with Crippen LogP contribution in [0.5, 0.6) is 5.75 Å². The SMILES string of the molecule is COc1cccc(C(CC(=O)O)N2CC(S(=O)(=O)F)CC2=O)c1. The maximum atomic E-state index is 13.1. The molecule has 2 unspecified atom stereocenters. The minimum absolute atomic E-state index is 0.368. The van der Waals surface area contributed by atoms with E-state index in [0.717, 1.165) is 4.90 Å². The molecule has 1 aromatic carbocycles. The number of hydrogen-bond donors (Lipinski definition) is 1. The van der Waals surface area contributed by atoms with Gasteiger partial charge in [0.05, 0.1) is 19.6 Å². The van der Waals surface area contributed by atoms with Crippen molar-refractivity contribution in [3.63, 3.8) is 0 Å². The Morgan fingerprint density at radius 2 is 2.22 bits per heavy atom. The van der Waals surface area contributed by atoms with Crippen LogP contribution in [-0.4, -0.2) is 49.2 Å². The number of carboxylic acids is 1. The fourth-order valence-corrected chi connectivity index (χ4v) is 3.29. The van der Waals surface area contributed by atoms with E-state index in [1.54, 1.807) is 24.3 Å². The Bertz CT molecular complexity index is 720. The van der Waals surface area contributed by atoms with Gasteiger partial charge in [-0.25, -0.2) is 0 Å². The van der Waals surface area contributed by atoms with E-state index in [0.29, 0.717) is 11.3 Å². The van der Waals surface area contributed by atoms with Gasteiger partial charge >= 0.3 is 16.2 Å². The first kappa shape index (κ1) is 17.2. The van der Waals surface area contributed by atoms with Crippen LogP contribution in [0.3, 0.4) is 0 Å². The van der Waals surface area contributed by atoms with Crippen LogP contribution in [-0.2, 0) is 19.8 Å². The number of hydrogen-bond acceptors (Lipinski definition) is 5. The summed E-state index contributed by atoms with van der Waals surface area (Å²) in [7, 11) is -3.42. The maximum Gasteiger partial charge on any atom is 0.307 e. The van der Waals surface area contributed by atoms with E-state index in [4.69, 9.17) is 9.84 Å². The number of methoxy groups -OCH3 is 1. The minimum Gasteiger partial charge on any atom is -0.497 e. The van der Waals surface area contributed by atoms with Crippen LogP contribution in [0.2, 0.25) is 0 Å². The third kappa shape index (κ3) is 3.98. The number of halogens is 1. The van der Waals surface area contributed by atoms with Crippen molar-refractivity contribution in [3.8, 4) is 5.75 Å². The number of carbonyl (C=O) groups is 2. The summed E-state index contributed by atoms with van der Waals surface area (Å²) >= 11 is 0. The van der Waals surface area contributed by atoms with Crippen molar-refractivity contribution < 1.29 is 31.7 Å². The first-order valence-corrected chi connectivity index (χ1v) is 8.25. The van der Waals surface area contributed by atoms with Crippen LogP contribution in [0, 0.1) is 0 Å². The Morgan fingerprint density at radius 3 is 2.74 bits per heavy atom. The maximum absolute atomic E-state index is 13.1. The van der Waals surface area contributed by atoms with Crippen LogP contribution in [0.15, 0.2) is 24.3 Å². The van der Waals surface area contributed by atoms with E-state index < -0.39 is 46.2 Å². The van der Waals surface area contributed by atoms with Crippen LogP contribution >= 0.6 is 0 Å². The number of likely N-dealkylation sites (tertiary alicyclic amines) is 1. The fraction of sp³-hybridized carbons (Fsp3) is 0.429. The zero-order valence-electron chi connectivity index (χ0n) is 12.3. The summed E-state index contributed by atoms with van der Waals surface area (Å²) in [5.41, 5.74) is 0.483. The van der Waals surface area contributed by atoms with Crippen LogP contribution in [0.1, 0.15) is 24.4 Å². The van der Waals surface area contributed by atoms with Gasteiger partial charge in [0.1, 0.15) is 11.0 Å². The Kier molecular flexibility index (Phi) is 4.88. The van der Waals surface area contributed by atoms with Crippen molar-refractivity contribution in [2.45, 2.75) is 24.1 Å². The summed E-state index contributed by atoms with van der Waals surface area (Å²) in [4.78, 5) is 24.3. The van der Waals surface area contributed by atoms with Gasteiger partial charge in [-0.1, -0.05) is 12.1 Å². The molecule has 1 heterocycles. The zero-order chi connectivity index (χ0) is 17.2. The Hall–Kier alpha value is -2.16. The number of ether oxygens (including phenoxy) is 1. The van der Waals surface area contributed by atoms with Gasteiger partial charge in [0.2, 0.25) is 5.91 Å². The molecular formula is C14H16FNO6S. The molecule has 0 bridgehead atoms. The number of nitrogens with zero attached hydrogens (tertiary/aromatic N) is 1. The standard InChI is InChI=1S/C14H16FNO6S/c1-22-10-4-2-3-9(5-10)12(7-14(18)19)16-8-11(6-13(16)17)23(15,20)21/h2-5,11-12H,6-8H2,1H3,(H,18,19). The molecule has 1 N–H and O–H groups in total. The van der Waals surface area contributed by atoms with Gasteiger partial charge in [-0.05, 0) is 17.7 Å². The molecule has 126 valence electrons. The van der Waals surface area contributed by atoms with E-state index in [1.807, 2.05) is 0 Å². The van der Waals surface area contributed by atoms with E-state index in [9.17, 15) is 21.9 Å². The van der Waals surface area contributed by atoms with Crippen molar-refractivity contribution in [2.75, 3.05) is 13.7 Å². The minimum atomic E-state index is -4.86. The average Bonchev–Trinajstić information content (AvgIpc) is 2.86. The second kappa shape index (κ2) is 6.53. The second-order valence-electron chi connectivity index (χ2n) is 5.24. The van der Waals surface area contributed by atoms with E-state index in [1.165, 1.54) is 7.11 Å². The molecule has 1 aromatic rings. The molecule has 1 fully saturated rings. The molecule has 0 spiro atoms. The number of benzene rings is 1. The summed E-state index contributed by atoms with van der Waals surface area (Å²) in [6, 6.07) is 5.58. The third-order valence-corrected chi connectivity index (χ3v) is 4.86. The molecule has 0 aliphatic carbocycles. The molecule has 0 radical (unpaired) electrons. The molecule has 1 aliphatic rings. The van der Waals surface area contributed by atoms with Crippen LogP contribution < -0.4 is 4.74 Å². The van der Waals surface area contributed by atoms with E-state index in [2.05, 4.69) is 0 Å². The third-order valence-electron chi connectivity index (χ3n) is 3.74. The Labute approximate surface area is 132 Å². The topological polar surface area (TPSA) is 101 Å². The molecule has 2 rings (SSSR count). The number of carbonyl (C=O) groups excluding carboxylic acids is 1. The number of amides is 1. The average molecular weight is 345 g/mol. The van der Waals surface area contributed by atoms with Gasteiger partial charge in [0.15, 0.2) is 0 Å². The first-order valence-electron chi connectivity index (χ1n) is 6.81. The summed E-state index contributed by atoms with van der Waals surface area (Å²) in [5.74, 6) is -1.28. The molecule has 1 amide bonds. The van der Waals surface area contributed by atoms with E-state index in [-0.39, 0.29) is 6.54 Å². The Balaban J connectivity index is 2.35. The molecule has 7 nitrogen and oxygen atoms in total. The fourth-order valence-electron chi connectivity index (χ4n) is 2.61. The largest absolute Gasteiger partial charge is 0.497 e. The van der Waals surface area contributed by atoms with Gasteiger partial charge in [-0.3, -0.25) is 9.59 Å². The molecule has 23 heavy (non-hydrogen) atoms. The number of rotatable bonds is 6. The van der Waals surface area contributed by atoms with Crippen molar-refractivity contribution >= 4 is 22.1 Å². The second-order valence-corrected chi connectivity index (χ2v) is 6.86. The number of aliphatic carboxylic acids is 1. The monoisotopic (exact) mass is 345 g/mol. The highest BCUT2D eigenvalue weighted by Gasteiger charge is 2.42. The van der Waals surface area contributed by atoms with Gasteiger partial charge in [0, 0.05) is 13.0 Å². The summed E-state index contributed by atoms with van der Waals surface area (Å²) in [6.07, 6.45) is -0.906. The molecule has 1 saturated heterocycles. The van der Waals surface area contributed by atoms with Crippen molar-refractivity contribution in [1.29, 1.82) is 0 Å². The molecule has 0 saturated carbocycles. The van der Waals surface area contributed by atoms with Gasteiger partial charge in [-0.15, -0.1) is 3.89 Å². The smallest absolute Gasteiger partial charge is 0.307 e. The van der Waals surface area contributed by atoms with E-state index >= 15 is 0 Å². The lowest BCUT2D eigenvalue weighted by Crippen LogP contribution is -2.33. The lowest BCUT2D eigenvalue weighted by Gasteiger charge is -2.27. The summed E-state index contributed by atoms with van der Waals surface area (Å²) in [5, 5.41) is 7.62. The van der Waals surface area contributed by atoms with Crippen molar-refractivity contribution in [2.24, 2.45) is 0 Å². The highest BCUT2D eigenvalue weighted by Crippen LogP contribution is 2.32. The normalized spacial score (nSPS) is 19.7. The Morgan fingerprint density at radius 1 is 1.52 bits per heavy atom. The van der Waals surface area contributed by atoms with Gasteiger partial charge in [-0.2, -0.15) is 8.42 Å². The molecule has 9 heteroatoms. The van der Waals surface area contributed by atoms with Crippen molar-refractivity contribution in [1.82, 2.24) is 4.90 Å². The lowest BCUT2D eigenvalue weighted by molar-refractivity contribution is -0.139. The molecule has 2 atom stereocenters. The van der Waals surface area contributed by atoms with Gasteiger partial charge < -0.3 is 14.7 Å². The lowest BCUT2D eigenvalue weighted by atomic mass is 10.0. The van der Waals surface area contributed by atoms with Crippen LogP contribution in [0.25, 0.3) is 0 Å². The molecule has 0 aromatic heterocycles. The zero-order valence-corrected chi connectivity index (χ0v) is 13.1. The first-order chi connectivity index (χ1) is 10.7. The van der Waals surface area contributed by atoms with Gasteiger partial charge in [0.25, 0.3) is 0 Å². The molecular weight excluding hydrogens is 329 g/mol. The van der Waals surface area contributed by atoms with Crippen LogP contribution in [0.4, 0.5) is 3.89 Å². The quantitative estimate of drug-likeness (QED) is 0.775. The summed E-state index contributed by atoms with van der Waals surface area (Å²) in [6.45, 7) is -0.368. The number of carboxylic acid groups (broad SMARTS) is 1.